The van der Waals surface area contributed by atoms with E-state index in [1.807, 2.05) is 20.8 Å². The summed E-state index contributed by atoms with van der Waals surface area (Å²) in [6.45, 7) is 5.92. The third-order valence-electron chi connectivity index (χ3n) is 2.38. The van der Waals surface area contributed by atoms with Gasteiger partial charge in [-0.15, -0.1) is 0 Å². The summed E-state index contributed by atoms with van der Waals surface area (Å²) in [5, 5.41) is 21.0. The van der Waals surface area contributed by atoms with E-state index in [1.165, 1.54) is 12.3 Å². The van der Waals surface area contributed by atoms with Crippen LogP contribution in [0, 0.1) is 10.8 Å². The number of hydrogen-bond acceptors (Lipinski definition) is 6. The molecule has 6 nitrogen and oxygen atoms in total. The second-order valence-electron chi connectivity index (χ2n) is 5.30. The van der Waals surface area contributed by atoms with Crippen LogP contribution in [-0.2, 0) is 9.53 Å². The van der Waals surface area contributed by atoms with Gasteiger partial charge in [-0.1, -0.05) is 0 Å². The van der Waals surface area contributed by atoms with E-state index in [9.17, 15) is 4.79 Å². The highest BCUT2D eigenvalue weighted by molar-refractivity contribution is 6.25. The first-order valence-electron chi connectivity index (χ1n) is 6.17. The van der Waals surface area contributed by atoms with Gasteiger partial charge in [0.2, 0.25) is 0 Å². The van der Waals surface area contributed by atoms with E-state index < -0.39 is 5.97 Å². The Morgan fingerprint density at radius 3 is 2.50 bits per heavy atom. The molecule has 0 saturated carbocycles. The lowest BCUT2D eigenvalue weighted by Gasteiger charge is -2.21. The minimum absolute atomic E-state index is 0.0501. The number of allylic oxidation sites excluding steroid dienone is 2. The highest BCUT2D eigenvalue weighted by atomic mass is 16.5. The van der Waals surface area contributed by atoms with Gasteiger partial charge < -0.3 is 20.8 Å². The van der Waals surface area contributed by atoms with Crippen LogP contribution in [0.15, 0.2) is 35.4 Å². The van der Waals surface area contributed by atoms with Crippen molar-refractivity contribution in [1.82, 2.24) is 10.6 Å². The molecule has 1 rings (SSSR count). The monoisotopic (exact) mass is 276 g/mol. The van der Waals surface area contributed by atoms with Crippen LogP contribution in [0.25, 0.3) is 0 Å². The molecule has 1 aliphatic rings. The second-order valence-corrected chi connectivity index (χ2v) is 5.30. The quantitative estimate of drug-likeness (QED) is 0.355. The predicted octanol–water partition coefficient (Wildman–Crippen LogP) is 1.47. The van der Waals surface area contributed by atoms with Gasteiger partial charge in [-0.3, -0.25) is 5.41 Å². The highest BCUT2D eigenvalue weighted by Gasteiger charge is 2.24. The van der Waals surface area contributed by atoms with E-state index in [0.717, 1.165) is 6.21 Å². The molecule has 1 heterocycles. The van der Waals surface area contributed by atoms with Gasteiger partial charge in [-0.05, 0) is 20.8 Å². The lowest BCUT2D eigenvalue weighted by molar-refractivity contribution is -0.134. The zero-order chi connectivity index (χ0) is 15.3. The van der Waals surface area contributed by atoms with Crippen LogP contribution in [0.1, 0.15) is 20.8 Å². The topological polar surface area (TPSA) is 98.1 Å². The summed E-state index contributed by atoms with van der Waals surface area (Å²) in [5.41, 5.74) is 0.443. The number of carbonyl (C=O) groups is 1. The molecule has 0 aromatic rings. The first-order valence-corrected chi connectivity index (χ1v) is 6.17. The number of rotatable bonds is 4. The Balaban J connectivity index is 3.05. The Morgan fingerprint density at radius 2 is 2.05 bits per heavy atom. The normalized spacial score (nSPS) is 18.5. The maximum atomic E-state index is 11.8. The molecule has 0 unspecified atom stereocenters. The second kappa shape index (κ2) is 6.18. The molecule has 0 amide bonds. The Labute approximate surface area is 118 Å². The van der Waals surface area contributed by atoms with Crippen LogP contribution < -0.4 is 10.6 Å². The summed E-state index contributed by atoms with van der Waals surface area (Å²) in [4.78, 5) is 11.8. The lowest BCUT2D eigenvalue weighted by atomic mass is 10.1. The van der Waals surface area contributed by atoms with Crippen LogP contribution in [0.5, 0.6) is 0 Å². The number of esters is 1. The third kappa shape index (κ3) is 4.08. The minimum atomic E-state index is -0.606. The number of ether oxygens (including phenoxy) is 1. The van der Waals surface area contributed by atoms with Crippen molar-refractivity contribution in [3.63, 3.8) is 0 Å². The molecule has 0 aromatic heterocycles. The lowest BCUT2D eigenvalue weighted by Crippen LogP contribution is -2.32. The Bertz CT molecular complexity index is 522. The summed E-state index contributed by atoms with van der Waals surface area (Å²) in [7, 11) is 1.64. The molecule has 6 heteroatoms. The van der Waals surface area contributed by atoms with Crippen molar-refractivity contribution >= 4 is 17.9 Å². The summed E-state index contributed by atoms with van der Waals surface area (Å²) in [5.74, 6) is -0.412. The Morgan fingerprint density at radius 1 is 1.40 bits per heavy atom. The smallest absolute Gasteiger partial charge is 0.347 e. The number of hydrogen-bond donors (Lipinski definition) is 4. The molecule has 20 heavy (non-hydrogen) atoms. The fourth-order valence-corrected chi connectivity index (χ4v) is 1.40. The number of nitrogens with one attached hydrogen (secondary N) is 4. The summed E-state index contributed by atoms with van der Waals surface area (Å²) >= 11 is 0. The maximum Gasteiger partial charge on any atom is 0.347 e. The van der Waals surface area contributed by atoms with E-state index in [1.54, 1.807) is 13.2 Å². The van der Waals surface area contributed by atoms with Crippen LogP contribution in [-0.4, -0.2) is 30.5 Å². The Kier molecular flexibility index (Phi) is 4.85. The van der Waals surface area contributed by atoms with Crippen molar-refractivity contribution in [2.24, 2.45) is 0 Å². The highest BCUT2D eigenvalue weighted by Crippen LogP contribution is 2.19. The van der Waals surface area contributed by atoms with Gasteiger partial charge in [0, 0.05) is 37.3 Å². The summed E-state index contributed by atoms with van der Waals surface area (Å²) in [6.07, 6.45) is 5.52. The molecule has 0 radical (unpaired) electrons. The van der Waals surface area contributed by atoms with Crippen LogP contribution in [0.3, 0.4) is 0 Å². The zero-order valence-electron chi connectivity index (χ0n) is 12.1. The van der Waals surface area contributed by atoms with Crippen molar-refractivity contribution in [1.29, 1.82) is 10.8 Å². The van der Waals surface area contributed by atoms with Crippen molar-refractivity contribution < 1.29 is 9.53 Å². The van der Waals surface area contributed by atoms with E-state index in [2.05, 4.69) is 10.6 Å². The molecule has 4 N–H and O–H groups in total. The third-order valence-corrected chi connectivity index (χ3v) is 2.38. The maximum absolute atomic E-state index is 11.8. The number of carbonyl (C=O) groups excluding carboxylic acids is 1. The molecular weight excluding hydrogens is 256 g/mol. The summed E-state index contributed by atoms with van der Waals surface area (Å²) < 4.78 is 5.15. The average Bonchev–Trinajstić information content (AvgIpc) is 2.33. The van der Waals surface area contributed by atoms with Crippen molar-refractivity contribution in [3.8, 4) is 0 Å². The fraction of sp³-hybridized carbons (Fsp3) is 0.357. The predicted molar refractivity (Wildman–Crippen MR) is 78.8 cm³/mol. The van der Waals surface area contributed by atoms with E-state index in [0.29, 0.717) is 5.57 Å². The molecule has 0 saturated heterocycles. The first kappa shape index (κ1) is 15.7. The van der Waals surface area contributed by atoms with Gasteiger partial charge in [0.05, 0.1) is 11.3 Å². The van der Waals surface area contributed by atoms with E-state index in [4.69, 9.17) is 15.6 Å². The van der Waals surface area contributed by atoms with Crippen molar-refractivity contribution in [2.45, 2.75) is 26.3 Å². The van der Waals surface area contributed by atoms with Gasteiger partial charge in [-0.2, -0.15) is 0 Å². The van der Waals surface area contributed by atoms with Crippen LogP contribution in [0.4, 0.5) is 0 Å². The number of cyclic esters (lactones) is 1. The van der Waals surface area contributed by atoms with Gasteiger partial charge in [0.25, 0.3) is 0 Å². The standard InChI is InChI=1S/C14H20N4O2/c1-14(2,3)18-7-9(6-15)12-5-11(16)10(8-17-4)13(19)20-12/h5-8,15-18H,1-4H3/b9-7+,10-8+,15-6?,16-11?. The SMILES string of the molecule is CN/C=C1\C(=N)C=C(/C(C=N)=C/NC(C)(C)C)OC1=O. The van der Waals surface area contributed by atoms with Gasteiger partial charge in [0.1, 0.15) is 11.3 Å². The van der Waals surface area contributed by atoms with Crippen molar-refractivity contribution in [3.05, 3.63) is 35.4 Å². The summed E-state index contributed by atoms with van der Waals surface area (Å²) in [6, 6.07) is 0. The molecule has 0 bridgehead atoms. The molecule has 0 aliphatic carbocycles. The van der Waals surface area contributed by atoms with E-state index in [-0.39, 0.29) is 22.6 Å². The van der Waals surface area contributed by atoms with Crippen LogP contribution >= 0.6 is 0 Å². The first-order chi connectivity index (χ1) is 9.28. The van der Waals surface area contributed by atoms with E-state index >= 15 is 0 Å². The minimum Gasteiger partial charge on any atom is -0.422 e. The van der Waals surface area contributed by atoms with Crippen LogP contribution in [0.2, 0.25) is 0 Å². The van der Waals surface area contributed by atoms with Crippen molar-refractivity contribution in [2.75, 3.05) is 7.05 Å². The molecule has 0 fully saturated rings. The molecule has 108 valence electrons. The largest absolute Gasteiger partial charge is 0.422 e. The fourth-order valence-electron chi connectivity index (χ4n) is 1.40. The van der Waals surface area contributed by atoms with Gasteiger partial charge in [-0.25, -0.2) is 4.79 Å². The molecule has 1 aliphatic heterocycles. The zero-order valence-corrected chi connectivity index (χ0v) is 12.1. The average molecular weight is 276 g/mol. The molecule has 0 aromatic carbocycles. The van der Waals surface area contributed by atoms with Gasteiger partial charge in [0.15, 0.2) is 0 Å². The molecule has 0 spiro atoms. The molecular formula is C14H20N4O2. The molecule has 0 atom stereocenters. The van der Waals surface area contributed by atoms with Gasteiger partial charge >= 0.3 is 5.97 Å². The Hall–Kier alpha value is -2.37.